The maximum Gasteiger partial charge on any atom is 0.135 e. The number of benzene rings is 8. The van der Waals surface area contributed by atoms with Gasteiger partial charge in [-0.2, -0.15) is 0 Å². The normalized spacial score (nSPS) is 13.5. The third-order valence-electron chi connectivity index (χ3n) is 12.0. The molecule has 1 aliphatic rings. The van der Waals surface area contributed by atoms with Gasteiger partial charge in [0.05, 0.1) is 11.0 Å². The van der Waals surface area contributed by atoms with E-state index >= 15 is 0 Å². The first kappa shape index (κ1) is 30.1. The van der Waals surface area contributed by atoms with E-state index in [1.165, 1.54) is 86.5 Å². The van der Waals surface area contributed by atoms with Crippen molar-refractivity contribution in [3.8, 4) is 39.1 Å². The summed E-state index contributed by atoms with van der Waals surface area (Å²) in [4.78, 5) is 0. The van der Waals surface area contributed by atoms with Crippen LogP contribution in [0, 0.1) is 0 Å². The van der Waals surface area contributed by atoms with Crippen molar-refractivity contribution in [2.75, 3.05) is 0 Å². The number of rotatable bonds is 3. The molecule has 0 fully saturated rings. The number of para-hydroxylation sites is 2. The summed E-state index contributed by atoms with van der Waals surface area (Å²) in [7, 11) is 0. The minimum Gasteiger partial charge on any atom is -0.456 e. The molecule has 0 saturated carbocycles. The molecule has 0 amide bonds. The van der Waals surface area contributed by atoms with Crippen LogP contribution in [0.1, 0.15) is 25.0 Å². The molecule has 8 aromatic carbocycles. The van der Waals surface area contributed by atoms with Gasteiger partial charge in [0.2, 0.25) is 0 Å². The van der Waals surface area contributed by atoms with E-state index in [9.17, 15) is 0 Å². The molecule has 0 atom stereocenters. The number of furan rings is 1. The molecule has 0 spiro atoms. The number of hydrogen-bond acceptors (Lipinski definition) is 2. The second-order valence-electron chi connectivity index (χ2n) is 15.3. The molecule has 12 rings (SSSR count). The standard InChI is InChI=1S/C51H33NOS/c1-51(2)42-21-16-30(26-38(42)36-20-25-48-49(50(36)51)37-13-7-9-15-47(37)54-48)31-17-22-43-39(27-31)40-28-32(18-23-44(40)52(43)34-10-4-3-5-11-34)33-19-24-46-41(29-33)35-12-6-8-14-45(35)53-46/h3-29H,1-2H3. The first-order valence-corrected chi connectivity index (χ1v) is 19.5. The molecule has 0 N–H and O–H groups in total. The summed E-state index contributed by atoms with van der Waals surface area (Å²) in [5.74, 6) is 0. The van der Waals surface area contributed by atoms with E-state index in [0.717, 1.165) is 27.6 Å². The molecule has 1 aliphatic carbocycles. The third-order valence-corrected chi connectivity index (χ3v) is 13.1. The lowest BCUT2D eigenvalue weighted by atomic mass is 9.80. The monoisotopic (exact) mass is 707 g/mol. The Bertz CT molecular complexity index is 3360. The molecule has 0 bridgehead atoms. The SMILES string of the molecule is CC1(C)c2ccc(-c3ccc4c(c3)c3cc(-c5ccc6oc7ccccc7c6c5)ccc3n4-c3ccccc3)cc2-c2ccc3sc4ccccc4c3c21. The molecule has 11 aromatic rings. The Kier molecular flexibility index (Phi) is 6.03. The van der Waals surface area contributed by atoms with Crippen molar-refractivity contribution < 1.29 is 4.42 Å². The number of aromatic nitrogens is 1. The fourth-order valence-electron chi connectivity index (χ4n) is 9.46. The summed E-state index contributed by atoms with van der Waals surface area (Å²) >= 11 is 1.90. The van der Waals surface area contributed by atoms with Crippen LogP contribution in [0.25, 0.3) is 103 Å². The van der Waals surface area contributed by atoms with E-state index in [1.807, 2.05) is 23.5 Å². The molecule has 3 heterocycles. The van der Waals surface area contributed by atoms with Crippen molar-refractivity contribution in [1.82, 2.24) is 4.57 Å². The van der Waals surface area contributed by atoms with Crippen molar-refractivity contribution in [1.29, 1.82) is 0 Å². The van der Waals surface area contributed by atoms with Crippen LogP contribution in [0.4, 0.5) is 0 Å². The fraction of sp³-hybridized carbons (Fsp3) is 0.0588. The van der Waals surface area contributed by atoms with Gasteiger partial charge in [-0.05, 0) is 117 Å². The molecule has 54 heavy (non-hydrogen) atoms. The molecule has 2 nitrogen and oxygen atoms in total. The predicted molar refractivity (Wildman–Crippen MR) is 229 cm³/mol. The lowest BCUT2D eigenvalue weighted by molar-refractivity contribution is 0.667. The van der Waals surface area contributed by atoms with Gasteiger partial charge in [-0.1, -0.05) is 105 Å². The van der Waals surface area contributed by atoms with Crippen LogP contribution in [-0.4, -0.2) is 4.57 Å². The van der Waals surface area contributed by atoms with Gasteiger partial charge in [0.25, 0.3) is 0 Å². The van der Waals surface area contributed by atoms with Gasteiger partial charge in [0, 0.05) is 52.8 Å². The zero-order valence-corrected chi connectivity index (χ0v) is 30.7. The summed E-state index contributed by atoms with van der Waals surface area (Å²) in [6.07, 6.45) is 0. The van der Waals surface area contributed by atoms with E-state index in [2.05, 4.69) is 170 Å². The van der Waals surface area contributed by atoms with Gasteiger partial charge in [-0.3, -0.25) is 0 Å². The number of nitrogens with zero attached hydrogens (tertiary/aromatic N) is 1. The lowest BCUT2D eigenvalue weighted by Crippen LogP contribution is -2.15. The van der Waals surface area contributed by atoms with Crippen molar-refractivity contribution in [2.24, 2.45) is 0 Å². The zero-order chi connectivity index (χ0) is 35.7. The highest BCUT2D eigenvalue weighted by Gasteiger charge is 2.38. The number of thiophene rings is 1. The van der Waals surface area contributed by atoms with Crippen molar-refractivity contribution in [3.05, 3.63) is 175 Å². The van der Waals surface area contributed by atoms with Gasteiger partial charge in [0.15, 0.2) is 0 Å². The average molecular weight is 708 g/mol. The number of hydrogen-bond donors (Lipinski definition) is 0. The Hall–Kier alpha value is -6.42. The van der Waals surface area contributed by atoms with E-state index in [1.54, 1.807) is 0 Å². The van der Waals surface area contributed by atoms with Gasteiger partial charge in [0.1, 0.15) is 11.2 Å². The summed E-state index contributed by atoms with van der Waals surface area (Å²) < 4.78 is 11.3. The van der Waals surface area contributed by atoms with Crippen molar-refractivity contribution >= 4 is 75.3 Å². The summed E-state index contributed by atoms with van der Waals surface area (Å²) in [6, 6.07) is 60.3. The molecule has 3 heteroatoms. The largest absolute Gasteiger partial charge is 0.456 e. The zero-order valence-electron chi connectivity index (χ0n) is 29.9. The maximum absolute atomic E-state index is 6.17. The van der Waals surface area contributed by atoms with E-state index in [0.29, 0.717) is 0 Å². The number of fused-ring (bicyclic) bond motifs is 13. The van der Waals surface area contributed by atoms with Gasteiger partial charge >= 0.3 is 0 Å². The Morgan fingerprint density at radius 2 is 1.07 bits per heavy atom. The topological polar surface area (TPSA) is 18.1 Å². The Balaban J connectivity index is 1.05. The molecular weight excluding hydrogens is 675 g/mol. The summed E-state index contributed by atoms with van der Waals surface area (Å²) in [5.41, 5.74) is 15.7. The van der Waals surface area contributed by atoms with Crippen molar-refractivity contribution in [2.45, 2.75) is 19.3 Å². The second kappa shape index (κ2) is 10.8. The fourth-order valence-corrected chi connectivity index (χ4v) is 10.6. The van der Waals surface area contributed by atoms with Crippen LogP contribution in [0.15, 0.2) is 168 Å². The molecule has 0 saturated heterocycles. The first-order valence-electron chi connectivity index (χ1n) is 18.7. The average Bonchev–Trinajstić information content (AvgIpc) is 3.94. The second-order valence-corrected chi connectivity index (χ2v) is 16.4. The summed E-state index contributed by atoms with van der Waals surface area (Å²) in [5, 5.41) is 7.57. The van der Waals surface area contributed by atoms with Crippen LogP contribution in [0.3, 0.4) is 0 Å². The minimum absolute atomic E-state index is 0.0955. The molecule has 0 unspecified atom stereocenters. The van der Waals surface area contributed by atoms with E-state index in [-0.39, 0.29) is 5.41 Å². The Morgan fingerprint density at radius 1 is 0.463 bits per heavy atom. The van der Waals surface area contributed by atoms with Crippen LogP contribution < -0.4 is 0 Å². The van der Waals surface area contributed by atoms with Crippen LogP contribution in [-0.2, 0) is 5.41 Å². The lowest BCUT2D eigenvalue weighted by Gasteiger charge is -2.22. The van der Waals surface area contributed by atoms with Crippen LogP contribution in [0.5, 0.6) is 0 Å². The molecular formula is C51H33NOS. The van der Waals surface area contributed by atoms with Crippen LogP contribution >= 0.6 is 11.3 Å². The highest BCUT2D eigenvalue weighted by atomic mass is 32.1. The Morgan fingerprint density at radius 3 is 1.85 bits per heavy atom. The van der Waals surface area contributed by atoms with Gasteiger partial charge < -0.3 is 8.98 Å². The van der Waals surface area contributed by atoms with E-state index in [4.69, 9.17) is 4.42 Å². The minimum atomic E-state index is -0.0955. The van der Waals surface area contributed by atoms with Gasteiger partial charge in [-0.15, -0.1) is 11.3 Å². The smallest absolute Gasteiger partial charge is 0.135 e. The third kappa shape index (κ3) is 4.10. The molecule has 0 radical (unpaired) electrons. The molecule has 254 valence electrons. The molecule has 0 aliphatic heterocycles. The van der Waals surface area contributed by atoms with E-state index < -0.39 is 0 Å². The van der Waals surface area contributed by atoms with Crippen molar-refractivity contribution in [3.63, 3.8) is 0 Å². The highest BCUT2D eigenvalue weighted by molar-refractivity contribution is 7.25. The maximum atomic E-state index is 6.17. The quantitative estimate of drug-likeness (QED) is 0.179. The van der Waals surface area contributed by atoms with Crippen LogP contribution in [0.2, 0.25) is 0 Å². The summed E-state index contributed by atoms with van der Waals surface area (Å²) in [6.45, 7) is 4.80. The Labute approximate surface area is 316 Å². The van der Waals surface area contributed by atoms with Gasteiger partial charge in [-0.25, -0.2) is 0 Å². The first-order chi connectivity index (χ1) is 26.5. The molecule has 3 aromatic heterocycles. The highest BCUT2D eigenvalue weighted by Crippen LogP contribution is 2.54. The predicted octanol–water partition coefficient (Wildman–Crippen LogP) is 14.7.